The topological polar surface area (TPSA) is 0 Å². The molecule has 0 aliphatic rings. The van der Waals surface area contributed by atoms with Gasteiger partial charge in [-0.1, -0.05) is 55.7 Å². The van der Waals surface area contributed by atoms with E-state index in [2.05, 4.69) is 50.0 Å². The maximum absolute atomic E-state index is 2.46. The lowest BCUT2D eigenvalue weighted by Crippen LogP contribution is -2.38. The second kappa shape index (κ2) is 5.42. The zero-order chi connectivity index (χ0) is 8.32. The lowest BCUT2D eigenvalue weighted by Gasteiger charge is -2.13. The first-order valence-corrected chi connectivity index (χ1v) is 10.7. The van der Waals surface area contributed by atoms with Gasteiger partial charge in [-0.15, -0.1) is 17.0 Å². The third-order valence-corrected chi connectivity index (χ3v) is 7.92. The van der Waals surface area contributed by atoms with Crippen LogP contribution in [0.25, 0.3) is 0 Å². The van der Waals surface area contributed by atoms with Crippen LogP contribution in [0.5, 0.6) is 0 Å². The van der Waals surface area contributed by atoms with Crippen LogP contribution in [0, 0.1) is 0 Å². The van der Waals surface area contributed by atoms with Crippen LogP contribution in [-0.4, -0.2) is 25.3 Å². The van der Waals surface area contributed by atoms with E-state index < -0.39 is 5.72 Å². The zero-order valence-corrected chi connectivity index (χ0v) is 12.1. The number of benzene rings is 1. The first kappa shape index (κ1) is 12.7. The lowest BCUT2D eigenvalue weighted by atomic mass is 10.4. The molecule has 0 aromatic heterocycles. The molecule has 1 aromatic rings. The molecule has 0 bridgehead atoms. The van der Waals surface area contributed by atoms with Gasteiger partial charge in [0, 0.05) is 0 Å². The smallest absolute Gasteiger partial charge is 0.177 e. The fraction of sp³-hybridized carbons (Fsp3) is 0.333. The van der Waals surface area contributed by atoms with Crippen molar-refractivity contribution in [3.63, 3.8) is 0 Å². The Labute approximate surface area is 95.4 Å². The summed E-state index contributed by atoms with van der Waals surface area (Å²) >= 11 is 0.0658. The van der Waals surface area contributed by atoms with E-state index in [1.54, 1.807) is 3.69 Å². The molecule has 0 radical (unpaired) electrons. The van der Waals surface area contributed by atoms with Crippen molar-refractivity contribution in [2.24, 2.45) is 0 Å². The third kappa shape index (κ3) is 5.35. The van der Waals surface area contributed by atoms with Gasteiger partial charge in [-0.2, -0.15) is 3.69 Å². The summed E-state index contributed by atoms with van der Waals surface area (Å²) < 4.78 is 1.63. The zero-order valence-electron chi connectivity index (χ0n) is 8.00. The molecule has 0 unspecified atom stereocenters. The molecule has 0 atom stereocenters. The average Bonchev–Trinajstić information content (AvgIpc) is 1.85. The van der Waals surface area contributed by atoms with E-state index >= 15 is 0 Å². The van der Waals surface area contributed by atoms with Gasteiger partial charge < -0.3 is 0 Å². The normalized spacial score (nSPS) is 9.92. The van der Waals surface area contributed by atoms with Crippen LogP contribution < -0.4 is 3.69 Å². The Bertz CT molecular complexity index is 218. The minimum absolute atomic E-state index is 0. The van der Waals surface area contributed by atoms with Crippen molar-refractivity contribution >= 4 is 46.0 Å². The molecule has 0 heterocycles. The first-order chi connectivity index (χ1) is 5.08. The van der Waals surface area contributed by atoms with Crippen molar-refractivity contribution in [3.8, 4) is 0 Å². The van der Waals surface area contributed by atoms with E-state index in [0.29, 0.717) is 0 Å². The minimum Gasteiger partial charge on any atom is -0.177 e. The van der Waals surface area contributed by atoms with Crippen LogP contribution in [0.15, 0.2) is 30.3 Å². The second-order valence-corrected chi connectivity index (χ2v) is 17.9. The van der Waals surface area contributed by atoms with Crippen molar-refractivity contribution in [1.29, 1.82) is 0 Å². The minimum atomic E-state index is -0.759. The summed E-state index contributed by atoms with van der Waals surface area (Å²) in [6.07, 6.45) is 0. The Balaban J connectivity index is 0.00000121. The number of hydrogen-bond acceptors (Lipinski definition) is 0. The van der Waals surface area contributed by atoms with Gasteiger partial charge >= 0.3 is 19.6 Å². The van der Waals surface area contributed by atoms with Crippen LogP contribution in [-0.2, 0) is 0 Å². The van der Waals surface area contributed by atoms with Gasteiger partial charge in [0.2, 0.25) is 0 Å². The predicted molar refractivity (Wildman–Crippen MR) is 65.5 cm³/mol. The van der Waals surface area contributed by atoms with E-state index in [1.807, 2.05) is 0 Å². The van der Waals surface area contributed by atoms with E-state index in [0.717, 1.165) is 0 Å². The number of rotatable bonds is 2. The monoisotopic (exact) mass is 254 g/mol. The van der Waals surface area contributed by atoms with E-state index in [9.17, 15) is 0 Å². The van der Waals surface area contributed by atoms with Gasteiger partial charge in [-0.3, -0.25) is 0 Å². The third-order valence-electron chi connectivity index (χ3n) is 1.58. The summed E-state index contributed by atoms with van der Waals surface area (Å²) in [5.74, 6) is 0. The van der Waals surface area contributed by atoms with Crippen molar-refractivity contribution in [2.75, 3.05) is 0 Å². The molecule has 0 N–H and O–H groups in total. The first-order valence-electron chi connectivity index (χ1n) is 4.12. The van der Waals surface area contributed by atoms with Gasteiger partial charge in [0.1, 0.15) is 0 Å². The molecular formula is C9H15BrMgSi. The quantitative estimate of drug-likeness (QED) is 0.712. The van der Waals surface area contributed by atoms with E-state index in [4.69, 9.17) is 0 Å². The lowest BCUT2D eigenvalue weighted by molar-refractivity contribution is 1.76. The van der Waals surface area contributed by atoms with Crippen molar-refractivity contribution in [2.45, 2.75) is 19.6 Å². The summed E-state index contributed by atoms with van der Waals surface area (Å²) in [5.41, 5.74) is -0.759. The van der Waals surface area contributed by atoms with Crippen LogP contribution in [0.3, 0.4) is 0 Å². The molecule has 0 fully saturated rings. The largest absolute Gasteiger partial charge is 0.407 e. The Hall–Kier alpha value is 0.683. The van der Waals surface area contributed by atoms with Gasteiger partial charge in [-0.25, -0.2) is 0 Å². The molecule has 1 aromatic carbocycles. The number of hydrogen-bond donors (Lipinski definition) is 0. The average molecular weight is 256 g/mol. The van der Waals surface area contributed by atoms with Gasteiger partial charge in [0.15, 0.2) is 0 Å². The highest BCUT2D eigenvalue weighted by Crippen LogP contribution is 1.97. The molecule has 64 valence electrons. The van der Waals surface area contributed by atoms with Crippen LogP contribution in [0.2, 0.25) is 19.6 Å². The highest BCUT2D eigenvalue weighted by molar-refractivity contribution is 8.93. The molecule has 0 nitrogen and oxygen atoms in total. The van der Waals surface area contributed by atoms with Crippen LogP contribution in [0.4, 0.5) is 0 Å². The molecule has 1 rings (SSSR count). The Morgan fingerprint density at radius 3 is 1.92 bits per heavy atom. The maximum atomic E-state index is 2.46. The summed E-state index contributed by atoms with van der Waals surface area (Å²) in [6, 6.07) is 11.0. The molecule has 0 spiro atoms. The summed E-state index contributed by atoms with van der Waals surface area (Å²) in [4.78, 5) is 0. The summed E-state index contributed by atoms with van der Waals surface area (Å²) in [5, 5.41) is 0. The van der Waals surface area contributed by atoms with Gasteiger partial charge in [-0.05, 0) is 0 Å². The molecule has 0 saturated carbocycles. The van der Waals surface area contributed by atoms with Crippen molar-refractivity contribution in [1.82, 2.24) is 0 Å². The van der Waals surface area contributed by atoms with Gasteiger partial charge in [0.05, 0.1) is 0 Å². The molecule has 12 heavy (non-hydrogen) atoms. The molecule has 0 aliphatic carbocycles. The summed E-state index contributed by atoms with van der Waals surface area (Å²) in [7, 11) is 0. The highest BCUT2D eigenvalue weighted by atomic mass is 79.9. The predicted octanol–water partition coefficient (Wildman–Crippen LogP) is 2.43. The van der Waals surface area contributed by atoms with Crippen molar-refractivity contribution < 1.29 is 0 Å². The number of halogens is 1. The Morgan fingerprint density at radius 1 is 1.00 bits per heavy atom. The molecule has 0 saturated heterocycles. The fourth-order valence-electron chi connectivity index (χ4n) is 1.21. The Kier molecular flexibility index (Phi) is 5.73. The molecular weight excluding hydrogens is 240 g/mol. The van der Waals surface area contributed by atoms with Gasteiger partial charge in [0.25, 0.3) is 0 Å². The SMILES string of the molecule is Br.C[Si](C)(C)[Mg][c]1ccccc1. The van der Waals surface area contributed by atoms with E-state index in [-0.39, 0.29) is 36.6 Å². The van der Waals surface area contributed by atoms with Crippen molar-refractivity contribution in [3.05, 3.63) is 30.3 Å². The highest BCUT2D eigenvalue weighted by Gasteiger charge is 2.16. The van der Waals surface area contributed by atoms with Crippen LogP contribution >= 0.6 is 17.0 Å². The molecule has 0 aliphatic heterocycles. The standard InChI is InChI=1S/C6H5.C3H9Si.BrH.Mg/c1-2-4-6-5-3-1;1-4(2)3;;/h1-5H;1-3H3;1H;. The fourth-order valence-corrected chi connectivity index (χ4v) is 7.32. The molecule has 0 amide bonds. The maximum Gasteiger partial charge on any atom is 0.407 e. The van der Waals surface area contributed by atoms with E-state index in [1.165, 1.54) is 0 Å². The molecule has 3 heteroatoms. The Morgan fingerprint density at radius 2 is 1.50 bits per heavy atom. The summed E-state index contributed by atoms with van der Waals surface area (Å²) in [6.45, 7) is 7.39. The second-order valence-electron chi connectivity index (χ2n) is 4.22. The van der Waals surface area contributed by atoms with Crippen LogP contribution in [0.1, 0.15) is 0 Å².